The van der Waals surface area contributed by atoms with Crippen LogP contribution in [0, 0.1) is 6.92 Å². The van der Waals surface area contributed by atoms with Crippen molar-refractivity contribution in [1.82, 2.24) is 19.9 Å². The third kappa shape index (κ3) is 5.17. The van der Waals surface area contributed by atoms with Crippen LogP contribution in [-0.4, -0.2) is 59.2 Å². The number of aryl methyl sites for hydroxylation is 1. The quantitative estimate of drug-likeness (QED) is 0.604. The Balaban J connectivity index is 1.36. The number of urea groups is 1. The van der Waals surface area contributed by atoms with Crippen LogP contribution in [0.5, 0.6) is 5.75 Å². The van der Waals surface area contributed by atoms with Gasteiger partial charge in [-0.05, 0) is 42.8 Å². The summed E-state index contributed by atoms with van der Waals surface area (Å²) in [5.74, 6) is 2.76. The fourth-order valence-electron chi connectivity index (χ4n) is 3.43. The number of carbonyl (C=O) groups is 1. The van der Waals surface area contributed by atoms with Gasteiger partial charge in [0.05, 0.1) is 12.8 Å². The molecule has 2 aromatic heterocycles. The molecule has 0 atom stereocenters. The largest absolute Gasteiger partial charge is 0.495 e. The van der Waals surface area contributed by atoms with Gasteiger partial charge in [0.1, 0.15) is 29.5 Å². The van der Waals surface area contributed by atoms with E-state index in [1.165, 1.54) is 6.33 Å². The number of ether oxygens (including phenoxy) is 1. The SMILES string of the molecule is COc1ccc(Cl)cc1NC(=O)N1CCN(c2cc(Nc3cc(C)ccn3)ncn2)CC1. The highest BCUT2D eigenvalue weighted by atomic mass is 35.5. The summed E-state index contributed by atoms with van der Waals surface area (Å²) in [6, 6.07) is 10.7. The number of hydrogen-bond donors (Lipinski definition) is 2. The minimum atomic E-state index is -0.194. The monoisotopic (exact) mass is 453 g/mol. The molecule has 0 bridgehead atoms. The van der Waals surface area contributed by atoms with Crippen LogP contribution in [0.3, 0.4) is 0 Å². The van der Waals surface area contributed by atoms with Gasteiger partial charge in [-0.3, -0.25) is 0 Å². The highest BCUT2D eigenvalue weighted by Gasteiger charge is 2.23. The molecule has 2 amide bonds. The van der Waals surface area contributed by atoms with Crippen molar-refractivity contribution in [3.8, 4) is 5.75 Å². The summed E-state index contributed by atoms with van der Waals surface area (Å²) in [7, 11) is 1.55. The number of piperazine rings is 1. The third-order valence-corrected chi connectivity index (χ3v) is 5.35. The number of benzene rings is 1. The van der Waals surface area contributed by atoms with Crippen molar-refractivity contribution in [1.29, 1.82) is 0 Å². The number of aromatic nitrogens is 3. The first-order valence-electron chi connectivity index (χ1n) is 10.2. The smallest absolute Gasteiger partial charge is 0.322 e. The number of carbonyl (C=O) groups excluding carboxylic acids is 1. The van der Waals surface area contributed by atoms with Crippen LogP contribution in [0.4, 0.5) is 27.9 Å². The van der Waals surface area contributed by atoms with Crippen molar-refractivity contribution < 1.29 is 9.53 Å². The molecule has 0 saturated carbocycles. The molecule has 3 heterocycles. The lowest BCUT2D eigenvalue weighted by Crippen LogP contribution is -2.50. The van der Waals surface area contributed by atoms with Crippen molar-refractivity contribution in [2.75, 3.05) is 48.8 Å². The molecule has 0 aliphatic carbocycles. The van der Waals surface area contributed by atoms with Gasteiger partial charge in [-0.1, -0.05) is 11.6 Å². The average Bonchev–Trinajstić information content (AvgIpc) is 2.79. The van der Waals surface area contributed by atoms with E-state index < -0.39 is 0 Å². The van der Waals surface area contributed by atoms with Crippen molar-refractivity contribution in [2.24, 2.45) is 0 Å². The minimum Gasteiger partial charge on any atom is -0.495 e. The van der Waals surface area contributed by atoms with E-state index in [1.54, 1.807) is 36.4 Å². The van der Waals surface area contributed by atoms with Gasteiger partial charge in [0, 0.05) is 43.5 Å². The van der Waals surface area contributed by atoms with E-state index in [1.807, 2.05) is 25.1 Å². The maximum absolute atomic E-state index is 12.7. The molecule has 1 saturated heterocycles. The molecule has 166 valence electrons. The van der Waals surface area contributed by atoms with Crippen LogP contribution < -0.4 is 20.3 Å². The van der Waals surface area contributed by atoms with Gasteiger partial charge in [0.2, 0.25) is 0 Å². The van der Waals surface area contributed by atoms with Crippen LogP contribution in [0.1, 0.15) is 5.56 Å². The summed E-state index contributed by atoms with van der Waals surface area (Å²) in [6.07, 6.45) is 3.28. The Morgan fingerprint density at radius 3 is 2.56 bits per heavy atom. The Labute approximate surface area is 191 Å². The van der Waals surface area contributed by atoms with Gasteiger partial charge < -0.3 is 25.2 Å². The summed E-state index contributed by atoms with van der Waals surface area (Å²) >= 11 is 6.05. The fourth-order valence-corrected chi connectivity index (χ4v) is 3.61. The van der Waals surface area contributed by atoms with E-state index in [0.29, 0.717) is 48.5 Å². The summed E-state index contributed by atoms with van der Waals surface area (Å²) in [5, 5.41) is 6.62. The molecule has 32 heavy (non-hydrogen) atoms. The molecule has 0 radical (unpaired) electrons. The Morgan fingerprint density at radius 1 is 1.03 bits per heavy atom. The zero-order chi connectivity index (χ0) is 22.5. The maximum atomic E-state index is 12.7. The molecule has 1 aromatic carbocycles. The highest BCUT2D eigenvalue weighted by Crippen LogP contribution is 2.28. The number of anilines is 4. The standard InChI is InChI=1S/C22H24ClN7O2/c1-15-5-6-24-19(11-15)28-20-13-21(26-14-25-20)29-7-9-30(10-8-29)22(31)27-17-12-16(23)3-4-18(17)32-2/h3-6,11-14H,7-10H2,1-2H3,(H,27,31)(H,24,25,26,28). The number of amides is 2. The van der Waals surface area contributed by atoms with Crippen LogP contribution in [-0.2, 0) is 0 Å². The summed E-state index contributed by atoms with van der Waals surface area (Å²) in [6.45, 7) is 4.43. The predicted octanol–water partition coefficient (Wildman–Crippen LogP) is 3.94. The van der Waals surface area contributed by atoms with Crippen LogP contribution in [0.2, 0.25) is 5.02 Å². The Morgan fingerprint density at radius 2 is 1.81 bits per heavy atom. The van der Waals surface area contributed by atoms with Crippen LogP contribution in [0.15, 0.2) is 48.9 Å². The first-order valence-corrected chi connectivity index (χ1v) is 10.6. The van der Waals surface area contributed by atoms with Gasteiger partial charge >= 0.3 is 6.03 Å². The lowest BCUT2D eigenvalue weighted by atomic mass is 10.3. The van der Waals surface area contributed by atoms with Gasteiger partial charge in [-0.2, -0.15) is 0 Å². The second-order valence-corrected chi connectivity index (χ2v) is 7.79. The van der Waals surface area contributed by atoms with Gasteiger partial charge in [0.15, 0.2) is 0 Å². The van der Waals surface area contributed by atoms with Crippen molar-refractivity contribution in [3.05, 3.63) is 59.5 Å². The van der Waals surface area contributed by atoms with E-state index >= 15 is 0 Å². The van der Waals surface area contributed by atoms with Gasteiger partial charge in [-0.25, -0.2) is 19.7 Å². The van der Waals surface area contributed by atoms with E-state index in [4.69, 9.17) is 16.3 Å². The second kappa shape index (κ2) is 9.69. The molecule has 1 aliphatic heterocycles. The zero-order valence-electron chi connectivity index (χ0n) is 17.9. The highest BCUT2D eigenvalue weighted by molar-refractivity contribution is 6.31. The molecular weight excluding hydrogens is 430 g/mol. The number of methoxy groups -OCH3 is 1. The third-order valence-electron chi connectivity index (χ3n) is 5.12. The number of halogens is 1. The van der Waals surface area contributed by atoms with Crippen molar-refractivity contribution >= 4 is 40.8 Å². The molecule has 2 N–H and O–H groups in total. The molecule has 0 unspecified atom stereocenters. The second-order valence-electron chi connectivity index (χ2n) is 7.35. The molecule has 0 spiro atoms. The minimum absolute atomic E-state index is 0.194. The molecule has 9 nitrogen and oxygen atoms in total. The van der Waals surface area contributed by atoms with E-state index in [2.05, 4.69) is 30.5 Å². The molecule has 3 aromatic rings. The fraction of sp³-hybridized carbons (Fsp3) is 0.273. The van der Waals surface area contributed by atoms with Gasteiger partial charge in [-0.15, -0.1) is 0 Å². The average molecular weight is 454 g/mol. The normalized spacial score (nSPS) is 13.6. The van der Waals surface area contributed by atoms with Crippen molar-refractivity contribution in [3.63, 3.8) is 0 Å². The number of rotatable bonds is 5. The Bertz CT molecular complexity index is 1100. The van der Waals surface area contributed by atoms with Crippen LogP contribution in [0.25, 0.3) is 0 Å². The molecule has 10 heteroatoms. The first-order chi connectivity index (χ1) is 15.5. The van der Waals surface area contributed by atoms with E-state index in [-0.39, 0.29) is 6.03 Å². The first kappa shape index (κ1) is 21.6. The van der Waals surface area contributed by atoms with Crippen molar-refractivity contribution in [2.45, 2.75) is 6.92 Å². The van der Waals surface area contributed by atoms with Crippen LogP contribution >= 0.6 is 11.6 Å². The number of pyridine rings is 1. The Hall–Kier alpha value is -3.59. The number of nitrogens with zero attached hydrogens (tertiary/aromatic N) is 5. The lowest BCUT2D eigenvalue weighted by Gasteiger charge is -2.35. The summed E-state index contributed by atoms with van der Waals surface area (Å²) < 4.78 is 5.30. The molecule has 4 rings (SSSR count). The topological polar surface area (TPSA) is 95.5 Å². The zero-order valence-corrected chi connectivity index (χ0v) is 18.6. The molecule has 1 fully saturated rings. The summed E-state index contributed by atoms with van der Waals surface area (Å²) in [4.78, 5) is 29.6. The van der Waals surface area contributed by atoms with E-state index in [9.17, 15) is 4.79 Å². The molecule has 1 aliphatic rings. The number of hydrogen-bond acceptors (Lipinski definition) is 7. The summed E-state index contributed by atoms with van der Waals surface area (Å²) in [5.41, 5.74) is 1.66. The van der Waals surface area contributed by atoms with Gasteiger partial charge in [0.25, 0.3) is 0 Å². The van der Waals surface area contributed by atoms with E-state index in [0.717, 1.165) is 17.2 Å². The predicted molar refractivity (Wildman–Crippen MR) is 125 cm³/mol. The molecular formula is C22H24ClN7O2. The Kier molecular flexibility index (Phi) is 6.55. The number of nitrogens with one attached hydrogen (secondary N) is 2. The maximum Gasteiger partial charge on any atom is 0.322 e. The lowest BCUT2D eigenvalue weighted by molar-refractivity contribution is 0.208.